The third-order valence-corrected chi connectivity index (χ3v) is 10.5. The first-order chi connectivity index (χ1) is 14.0. The van der Waals surface area contributed by atoms with E-state index in [-0.39, 0.29) is 0 Å². The van der Waals surface area contributed by atoms with Gasteiger partial charge in [0.25, 0.3) is 0 Å². The Morgan fingerprint density at radius 1 is 0.517 bits per heavy atom. The van der Waals surface area contributed by atoms with E-state index >= 15 is 0 Å². The van der Waals surface area contributed by atoms with Crippen LogP contribution in [0.15, 0.2) is 0 Å². The summed E-state index contributed by atoms with van der Waals surface area (Å²) in [4.78, 5) is 0. The van der Waals surface area contributed by atoms with Crippen molar-refractivity contribution >= 4 is 16.4 Å². The topological polar surface area (TPSA) is 63.2 Å². The molecule has 0 aliphatic heterocycles. The van der Waals surface area contributed by atoms with E-state index < -0.39 is 16.4 Å². The Bertz CT molecular complexity index is 390. The summed E-state index contributed by atoms with van der Waals surface area (Å²) in [7, 11) is 2.82. The molecule has 0 saturated heterocycles. The molecule has 0 amide bonds. The molecule has 0 saturated carbocycles. The van der Waals surface area contributed by atoms with Crippen LogP contribution in [0.1, 0.15) is 89.9 Å². The van der Waals surface area contributed by atoms with Crippen molar-refractivity contribution in [2.45, 2.75) is 95.9 Å². The maximum absolute atomic E-state index is 11.9. The Hall–Kier alpha value is 0.247. The third-order valence-electron chi connectivity index (χ3n) is 5.65. The monoisotopic (exact) mass is 454 g/mol. The van der Waals surface area contributed by atoms with Gasteiger partial charge in [-0.15, -0.1) is 0 Å². The van der Waals surface area contributed by atoms with Gasteiger partial charge < -0.3 is 22.3 Å². The van der Waals surface area contributed by atoms with Gasteiger partial charge in [-0.2, -0.15) is 0 Å². The lowest BCUT2D eigenvalue weighted by Crippen LogP contribution is -2.42. The molecule has 0 aromatic carbocycles. The highest BCUT2D eigenvalue weighted by molar-refractivity contribution is 7.53. The molecule has 0 aliphatic rings. The molecule has 0 aromatic rings. The van der Waals surface area contributed by atoms with E-state index in [1.165, 1.54) is 84.8 Å². The Balaban J connectivity index is 3.33. The van der Waals surface area contributed by atoms with Crippen LogP contribution < -0.4 is 0 Å². The molecule has 29 heavy (non-hydrogen) atoms. The van der Waals surface area contributed by atoms with Crippen molar-refractivity contribution in [2.24, 2.45) is 0 Å². The Labute approximate surface area is 181 Å². The number of unbranched alkanes of at least 4 members (excludes halogenated alkanes) is 13. The second-order valence-corrected chi connectivity index (χ2v) is 13.2. The average molecular weight is 455 g/mol. The van der Waals surface area contributed by atoms with E-state index in [1.54, 1.807) is 21.3 Å². The highest BCUT2D eigenvalue weighted by Crippen LogP contribution is 2.47. The van der Waals surface area contributed by atoms with Crippen LogP contribution in [0, 0.1) is 0 Å². The van der Waals surface area contributed by atoms with Gasteiger partial charge in [-0.05, 0) is 12.8 Å². The molecular formula is C21H47O6PSi. The Morgan fingerprint density at radius 3 is 1.14 bits per heavy atom. The summed E-state index contributed by atoms with van der Waals surface area (Å²) in [6, 6.07) is 0.911. The summed E-state index contributed by atoms with van der Waals surface area (Å²) in [6.07, 6.45) is 18.1. The molecule has 0 atom stereocenters. The molecule has 0 N–H and O–H groups in total. The predicted molar refractivity (Wildman–Crippen MR) is 123 cm³/mol. The SMILES string of the molecule is CO[Si](CCCCCCCCCCCCCCCCP(=O)(OC)OC)(OC)OC. The second kappa shape index (κ2) is 19.0. The van der Waals surface area contributed by atoms with Gasteiger partial charge in [0.1, 0.15) is 0 Å². The molecule has 0 aromatic heterocycles. The van der Waals surface area contributed by atoms with Gasteiger partial charge in [0.2, 0.25) is 0 Å². The van der Waals surface area contributed by atoms with Crippen molar-refractivity contribution < 1.29 is 26.9 Å². The van der Waals surface area contributed by atoms with E-state index in [2.05, 4.69) is 0 Å². The summed E-state index contributed by atoms with van der Waals surface area (Å²) >= 11 is 0. The largest absolute Gasteiger partial charge is 0.500 e. The minimum absolute atomic E-state index is 0.536. The van der Waals surface area contributed by atoms with Gasteiger partial charge in [0.15, 0.2) is 0 Å². The minimum atomic E-state index is -2.79. The van der Waals surface area contributed by atoms with Gasteiger partial charge in [-0.3, -0.25) is 4.57 Å². The fourth-order valence-electron chi connectivity index (χ4n) is 3.58. The number of hydrogen-bond donors (Lipinski definition) is 0. The summed E-state index contributed by atoms with van der Waals surface area (Å²) < 4.78 is 38.2. The summed E-state index contributed by atoms with van der Waals surface area (Å²) in [5.74, 6) is 0. The van der Waals surface area contributed by atoms with Crippen molar-refractivity contribution in [1.82, 2.24) is 0 Å². The predicted octanol–water partition coefficient (Wildman–Crippen LogP) is 6.81. The van der Waals surface area contributed by atoms with Crippen molar-refractivity contribution in [2.75, 3.05) is 41.7 Å². The van der Waals surface area contributed by atoms with Crippen molar-refractivity contribution in [1.29, 1.82) is 0 Å². The number of rotatable bonds is 22. The van der Waals surface area contributed by atoms with E-state index in [0.717, 1.165) is 25.3 Å². The van der Waals surface area contributed by atoms with E-state index in [4.69, 9.17) is 22.3 Å². The fourth-order valence-corrected chi connectivity index (χ4v) is 6.50. The highest BCUT2D eigenvalue weighted by Gasteiger charge is 2.36. The Kier molecular flexibility index (Phi) is 19.1. The maximum Gasteiger partial charge on any atom is 0.500 e. The molecule has 0 spiro atoms. The molecule has 176 valence electrons. The molecule has 0 fully saturated rings. The van der Waals surface area contributed by atoms with Gasteiger partial charge in [0, 0.05) is 41.6 Å². The van der Waals surface area contributed by atoms with Crippen LogP contribution in [0.5, 0.6) is 0 Å². The second-order valence-electron chi connectivity index (χ2n) is 7.69. The summed E-state index contributed by atoms with van der Waals surface area (Å²) in [6.45, 7) is 0. The van der Waals surface area contributed by atoms with Gasteiger partial charge in [-0.25, -0.2) is 0 Å². The van der Waals surface area contributed by atoms with Crippen LogP contribution in [0.3, 0.4) is 0 Å². The third kappa shape index (κ3) is 14.8. The highest BCUT2D eigenvalue weighted by atomic mass is 31.2. The zero-order valence-corrected chi connectivity index (χ0v) is 21.6. The molecule has 0 heterocycles. The zero-order chi connectivity index (χ0) is 21.8. The quantitative estimate of drug-likeness (QED) is 0.102. The van der Waals surface area contributed by atoms with E-state index in [9.17, 15) is 4.57 Å². The first-order valence-corrected chi connectivity index (χ1v) is 15.0. The summed E-state index contributed by atoms with van der Waals surface area (Å²) in [5.41, 5.74) is 0. The molecular weight excluding hydrogens is 407 g/mol. The van der Waals surface area contributed by atoms with Crippen LogP contribution in [0.2, 0.25) is 6.04 Å². The molecule has 6 nitrogen and oxygen atoms in total. The first kappa shape index (κ1) is 29.2. The maximum atomic E-state index is 11.9. The number of hydrogen-bond acceptors (Lipinski definition) is 6. The smallest absolute Gasteiger partial charge is 0.377 e. The molecule has 0 aliphatic carbocycles. The van der Waals surface area contributed by atoms with Crippen LogP contribution in [-0.4, -0.2) is 50.5 Å². The Morgan fingerprint density at radius 2 is 0.828 bits per heavy atom. The zero-order valence-electron chi connectivity index (χ0n) is 19.7. The standard InChI is InChI=1S/C21H47O6PSi/c1-23-28(22,24-2)20-18-16-14-12-10-8-6-7-9-11-13-15-17-19-21-29(25-3,26-4)27-5/h6-21H2,1-5H3. The van der Waals surface area contributed by atoms with Crippen molar-refractivity contribution in [3.8, 4) is 0 Å². The molecule has 0 unspecified atom stereocenters. The normalized spacial score (nSPS) is 12.6. The van der Waals surface area contributed by atoms with E-state index in [1.807, 2.05) is 0 Å². The lowest BCUT2D eigenvalue weighted by molar-refractivity contribution is 0.122. The first-order valence-electron chi connectivity index (χ1n) is 11.4. The molecule has 0 radical (unpaired) electrons. The minimum Gasteiger partial charge on any atom is -0.377 e. The van der Waals surface area contributed by atoms with Gasteiger partial charge in [-0.1, -0.05) is 77.0 Å². The molecule has 8 heteroatoms. The van der Waals surface area contributed by atoms with Crippen molar-refractivity contribution in [3.63, 3.8) is 0 Å². The van der Waals surface area contributed by atoms with Crippen LogP contribution in [0.4, 0.5) is 0 Å². The van der Waals surface area contributed by atoms with Gasteiger partial charge in [0.05, 0.1) is 6.16 Å². The van der Waals surface area contributed by atoms with Crippen molar-refractivity contribution in [3.05, 3.63) is 0 Å². The lowest BCUT2D eigenvalue weighted by Gasteiger charge is -2.24. The lowest BCUT2D eigenvalue weighted by atomic mass is 10.0. The molecule has 0 bridgehead atoms. The fraction of sp³-hybridized carbons (Fsp3) is 1.00. The van der Waals surface area contributed by atoms with Crippen LogP contribution >= 0.6 is 7.60 Å². The van der Waals surface area contributed by atoms with Crippen LogP contribution in [0.25, 0.3) is 0 Å². The molecule has 0 rings (SSSR count). The van der Waals surface area contributed by atoms with E-state index in [0.29, 0.717) is 6.16 Å². The van der Waals surface area contributed by atoms with Crippen LogP contribution in [-0.2, 0) is 26.9 Å². The summed E-state index contributed by atoms with van der Waals surface area (Å²) in [5, 5.41) is 0. The van der Waals surface area contributed by atoms with Gasteiger partial charge >= 0.3 is 16.4 Å². The average Bonchev–Trinajstić information content (AvgIpc) is 2.76.